The average molecular weight is 418 g/mol. The van der Waals surface area contributed by atoms with E-state index in [0.29, 0.717) is 16.7 Å². The molecule has 0 N–H and O–H groups in total. The van der Waals surface area contributed by atoms with Crippen molar-refractivity contribution in [3.8, 4) is 11.3 Å². The minimum atomic E-state index is 0.629. The normalized spacial score (nSPS) is 14.0. The number of aryl methyl sites for hydroxylation is 1. The molecular formula is C22H25Cl2N3O. The maximum atomic E-state index is 6.50. The van der Waals surface area contributed by atoms with Crippen LogP contribution >= 0.6 is 23.2 Å². The van der Waals surface area contributed by atoms with E-state index in [9.17, 15) is 0 Å². The van der Waals surface area contributed by atoms with E-state index in [1.807, 2.05) is 16.6 Å². The summed E-state index contributed by atoms with van der Waals surface area (Å²) in [5.74, 6) is 0.783. The van der Waals surface area contributed by atoms with E-state index in [1.165, 1.54) is 18.5 Å². The van der Waals surface area contributed by atoms with Crippen LogP contribution in [0.5, 0.6) is 0 Å². The minimum absolute atomic E-state index is 0.629. The lowest BCUT2D eigenvalue weighted by Gasteiger charge is -2.24. The summed E-state index contributed by atoms with van der Waals surface area (Å²) in [5, 5.41) is 6.23. The Hall–Kier alpha value is -1.75. The molecule has 2 heterocycles. The third-order valence-electron chi connectivity index (χ3n) is 5.30. The van der Waals surface area contributed by atoms with E-state index in [2.05, 4.69) is 30.0 Å². The largest absolute Gasteiger partial charge is 0.383 e. The molecule has 0 aliphatic heterocycles. The zero-order chi connectivity index (χ0) is 19.7. The molecule has 0 radical (unpaired) electrons. The quantitative estimate of drug-likeness (QED) is 0.468. The van der Waals surface area contributed by atoms with Gasteiger partial charge < -0.3 is 9.64 Å². The molecule has 1 fully saturated rings. The van der Waals surface area contributed by atoms with Gasteiger partial charge in [0.05, 0.1) is 34.2 Å². The van der Waals surface area contributed by atoms with Crippen LogP contribution in [0.25, 0.3) is 16.8 Å². The smallest absolute Gasteiger partial charge is 0.0905 e. The highest BCUT2D eigenvalue weighted by molar-refractivity contribution is 6.36. The van der Waals surface area contributed by atoms with Crippen molar-refractivity contribution in [3.05, 3.63) is 52.1 Å². The first kappa shape index (κ1) is 19.6. The molecule has 0 atom stereocenters. The van der Waals surface area contributed by atoms with Gasteiger partial charge in [-0.15, -0.1) is 0 Å². The van der Waals surface area contributed by atoms with Gasteiger partial charge in [-0.3, -0.25) is 0 Å². The zero-order valence-corrected chi connectivity index (χ0v) is 17.8. The monoisotopic (exact) mass is 417 g/mol. The van der Waals surface area contributed by atoms with Crippen molar-refractivity contribution in [2.24, 2.45) is 5.92 Å². The number of ether oxygens (including phenoxy) is 1. The van der Waals surface area contributed by atoms with Gasteiger partial charge in [-0.2, -0.15) is 5.10 Å². The Morgan fingerprint density at radius 2 is 2.04 bits per heavy atom. The van der Waals surface area contributed by atoms with Crippen LogP contribution in [0.4, 0.5) is 5.69 Å². The van der Waals surface area contributed by atoms with Gasteiger partial charge in [0.1, 0.15) is 0 Å². The molecule has 3 aromatic rings. The number of nitrogens with zero attached hydrogens (tertiary/aromatic N) is 3. The Labute approximate surface area is 176 Å². The lowest BCUT2D eigenvalue weighted by atomic mass is 10.1. The van der Waals surface area contributed by atoms with E-state index in [0.717, 1.165) is 47.9 Å². The van der Waals surface area contributed by atoms with Crippen molar-refractivity contribution in [3.63, 3.8) is 0 Å². The molecule has 1 aromatic carbocycles. The van der Waals surface area contributed by atoms with Gasteiger partial charge in [0.25, 0.3) is 0 Å². The molecule has 28 heavy (non-hydrogen) atoms. The van der Waals surface area contributed by atoms with Crippen LogP contribution in [0.15, 0.2) is 36.4 Å². The number of anilines is 1. The molecule has 4 rings (SSSR count). The SMILES string of the molecule is CCc1nn2c(-c3ccc(Cl)cc3Cl)cccc2c1N(CCOC)CC1CC1. The molecule has 0 saturated heterocycles. The molecule has 4 nitrogen and oxygen atoms in total. The maximum absolute atomic E-state index is 6.50. The van der Waals surface area contributed by atoms with Crippen LogP contribution in [0.2, 0.25) is 10.0 Å². The first-order chi connectivity index (χ1) is 13.6. The molecule has 0 unspecified atom stereocenters. The molecule has 1 aliphatic rings. The summed E-state index contributed by atoms with van der Waals surface area (Å²) >= 11 is 12.6. The molecule has 0 amide bonds. The number of aromatic nitrogens is 2. The highest BCUT2D eigenvalue weighted by atomic mass is 35.5. The minimum Gasteiger partial charge on any atom is -0.383 e. The van der Waals surface area contributed by atoms with Crippen molar-refractivity contribution in [1.29, 1.82) is 0 Å². The topological polar surface area (TPSA) is 29.8 Å². The Balaban J connectivity index is 1.85. The fraction of sp³-hybridized carbons (Fsp3) is 0.409. The second kappa shape index (κ2) is 8.32. The second-order valence-corrected chi connectivity index (χ2v) is 8.21. The molecule has 1 aliphatic carbocycles. The van der Waals surface area contributed by atoms with Crippen LogP contribution < -0.4 is 4.90 Å². The molecule has 0 spiro atoms. The number of methoxy groups -OCH3 is 1. The third kappa shape index (κ3) is 3.86. The number of hydrogen-bond acceptors (Lipinski definition) is 3. The molecule has 6 heteroatoms. The predicted octanol–water partition coefficient (Wildman–Crippen LogP) is 5.73. The summed E-state index contributed by atoms with van der Waals surface area (Å²) < 4.78 is 7.40. The fourth-order valence-corrected chi connectivity index (χ4v) is 4.20. The Morgan fingerprint density at radius 1 is 1.21 bits per heavy atom. The highest BCUT2D eigenvalue weighted by Gasteiger charge is 2.27. The van der Waals surface area contributed by atoms with Crippen molar-refractivity contribution in [2.75, 3.05) is 31.7 Å². The molecule has 148 valence electrons. The van der Waals surface area contributed by atoms with E-state index < -0.39 is 0 Å². The molecule has 1 saturated carbocycles. The predicted molar refractivity (Wildman–Crippen MR) is 117 cm³/mol. The van der Waals surface area contributed by atoms with Gasteiger partial charge in [0, 0.05) is 30.8 Å². The molecule has 2 aromatic heterocycles. The number of halogens is 2. The van der Waals surface area contributed by atoms with E-state index in [4.69, 9.17) is 33.0 Å². The van der Waals surface area contributed by atoms with Crippen molar-refractivity contribution in [1.82, 2.24) is 9.61 Å². The van der Waals surface area contributed by atoms with Gasteiger partial charge in [0.15, 0.2) is 0 Å². The average Bonchev–Trinajstić information content (AvgIpc) is 3.42. The van der Waals surface area contributed by atoms with Crippen LogP contribution in [-0.4, -0.2) is 36.4 Å². The molecular weight excluding hydrogens is 393 g/mol. The number of rotatable bonds is 8. The van der Waals surface area contributed by atoms with Crippen LogP contribution in [0, 0.1) is 5.92 Å². The van der Waals surface area contributed by atoms with Crippen LogP contribution in [0.1, 0.15) is 25.5 Å². The van der Waals surface area contributed by atoms with E-state index in [1.54, 1.807) is 13.2 Å². The number of fused-ring (bicyclic) bond motifs is 1. The van der Waals surface area contributed by atoms with Crippen molar-refractivity contribution in [2.45, 2.75) is 26.2 Å². The van der Waals surface area contributed by atoms with Crippen LogP contribution in [-0.2, 0) is 11.2 Å². The number of hydrogen-bond donors (Lipinski definition) is 0. The van der Waals surface area contributed by atoms with Crippen molar-refractivity contribution >= 4 is 34.4 Å². The van der Waals surface area contributed by atoms with Crippen molar-refractivity contribution < 1.29 is 4.74 Å². The Morgan fingerprint density at radius 3 is 2.71 bits per heavy atom. The maximum Gasteiger partial charge on any atom is 0.0905 e. The van der Waals surface area contributed by atoms with Gasteiger partial charge in [0.2, 0.25) is 0 Å². The first-order valence-electron chi connectivity index (χ1n) is 9.82. The summed E-state index contributed by atoms with van der Waals surface area (Å²) in [6, 6.07) is 11.9. The van der Waals surface area contributed by atoms with Crippen LogP contribution in [0.3, 0.4) is 0 Å². The van der Waals surface area contributed by atoms with E-state index in [-0.39, 0.29) is 0 Å². The number of pyridine rings is 1. The van der Waals surface area contributed by atoms with Gasteiger partial charge in [-0.05, 0) is 55.5 Å². The second-order valence-electron chi connectivity index (χ2n) is 7.36. The van der Waals surface area contributed by atoms with Gasteiger partial charge in [-0.25, -0.2) is 4.52 Å². The van der Waals surface area contributed by atoms with E-state index >= 15 is 0 Å². The summed E-state index contributed by atoms with van der Waals surface area (Å²) in [6.07, 6.45) is 3.50. The third-order valence-corrected chi connectivity index (χ3v) is 5.85. The lowest BCUT2D eigenvalue weighted by molar-refractivity contribution is 0.205. The summed E-state index contributed by atoms with van der Waals surface area (Å²) in [5.41, 5.74) is 5.34. The zero-order valence-electron chi connectivity index (χ0n) is 16.3. The lowest BCUT2D eigenvalue weighted by Crippen LogP contribution is -2.30. The summed E-state index contributed by atoms with van der Waals surface area (Å²) in [4.78, 5) is 2.45. The Kier molecular flexibility index (Phi) is 5.81. The summed E-state index contributed by atoms with van der Waals surface area (Å²) in [6.45, 7) is 4.79. The fourth-order valence-electron chi connectivity index (χ4n) is 3.70. The number of benzene rings is 1. The Bertz CT molecular complexity index is 981. The molecule has 0 bridgehead atoms. The van der Waals surface area contributed by atoms with Gasteiger partial charge >= 0.3 is 0 Å². The highest BCUT2D eigenvalue weighted by Crippen LogP contribution is 2.37. The first-order valence-corrected chi connectivity index (χ1v) is 10.6. The standard InChI is InChI=1S/C22H25Cl2N3O/c1-3-19-22(26(11-12-28-2)14-15-7-8-15)21-6-4-5-20(27(21)25-19)17-10-9-16(23)13-18(17)24/h4-6,9-10,13,15H,3,7-8,11-12,14H2,1-2H3. The summed E-state index contributed by atoms with van der Waals surface area (Å²) in [7, 11) is 1.76. The van der Waals surface area contributed by atoms with Gasteiger partial charge in [-0.1, -0.05) is 36.2 Å².